The minimum absolute atomic E-state index is 0.213. The fourth-order valence-corrected chi connectivity index (χ4v) is 6.83. The number of amides is 1. The maximum atomic E-state index is 12.6. The van der Waals surface area contributed by atoms with Gasteiger partial charge in [0, 0.05) is 33.3 Å². The Balaban J connectivity index is 1.19. The van der Waals surface area contributed by atoms with Gasteiger partial charge in [-0.1, -0.05) is 18.2 Å². The minimum atomic E-state index is -0.268. The third-order valence-corrected chi connectivity index (χ3v) is 7.72. The Hall–Kier alpha value is -2.89. The first-order valence-electron chi connectivity index (χ1n) is 11.1. The number of hydrazone groups is 1. The number of para-hydroxylation sites is 1. The molecule has 7 rings (SSSR count). The van der Waals surface area contributed by atoms with Crippen LogP contribution in [0, 0.1) is 24.7 Å². The van der Waals surface area contributed by atoms with E-state index in [0.717, 1.165) is 45.6 Å². The molecule has 0 aliphatic heterocycles. The highest BCUT2D eigenvalue weighted by Crippen LogP contribution is 2.60. The SMILES string of the molecule is Cc1[nH]c2ccccc2c1C=NNC(=O)c1cc(C23CC4CC(CC(C4)C2)C3)[nH]n1. The summed E-state index contributed by atoms with van der Waals surface area (Å²) in [7, 11) is 0. The van der Waals surface area contributed by atoms with E-state index in [1.807, 2.05) is 37.3 Å². The molecule has 4 aliphatic rings. The average molecular weight is 402 g/mol. The molecule has 2 heterocycles. The number of carbonyl (C=O) groups excluding carboxylic acids is 1. The van der Waals surface area contributed by atoms with Gasteiger partial charge >= 0.3 is 0 Å². The van der Waals surface area contributed by atoms with Crippen molar-refractivity contribution in [2.24, 2.45) is 22.9 Å². The van der Waals surface area contributed by atoms with E-state index in [9.17, 15) is 4.79 Å². The number of nitrogens with zero attached hydrogens (tertiary/aromatic N) is 2. The van der Waals surface area contributed by atoms with E-state index in [-0.39, 0.29) is 11.3 Å². The number of fused-ring (bicyclic) bond motifs is 1. The molecule has 3 N–H and O–H groups in total. The molecule has 0 saturated heterocycles. The smallest absolute Gasteiger partial charge is 0.291 e. The Morgan fingerprint density at radius 2 is 1.87 bits per heavy atom. The summed E-state index contributed by atoms with van der Waals surface area (Å²) < 4.78 is 0. The molecule has 30 heavy (non-hydrogen) atoms. The van der Waals surface area contributed by atoms with Gasteiger partial charge in [-0.3, -0.25) is 9.89 Å². The van der Waals surface area contributed by atoms with Crippen molar-refractivity contribution >= 4 is 23.0 Å². The van der Waals surface area contributed by atoms with E-state index >= 15 is 0 Å². The second-order valence-corrected chi connectivity index (χ2v) is 9.77. The average Bonchev–Trinajstić information content (AvgIpc) is 3.33. The standard InChI is InChI=1S/C24H27N5O/c1-14-19(18-4-2-3-5-20(18)26-14)13-25-29-23(30)21-9-22(28-27-21)24-10-15-6-16(11-24)8-17(7-15)12-24/h2-5,9,13,15-17,26H,6-8,10-12H2,1H3,(H,27,28)(H,29,30). The normalized spacial score (nSPS) is 29.8. The summed E-state index contributed by atoms with van der Waals surface area (Å²) in [5.41, 5.74) is 7.52. The van der Waals surface area contributed by atoms with Crippen molar-refractivity contribution < 1.29 is 4.79 Å². The molecular formula is C24H27N5O. The van der Waals surface area contributed by atoms with E-state index in [1.54, 1.807) is 6.21 Å². The molecule has 6 heteroatoms. The maximum Gasteiger partial charge on any atom is 0.291 e. The molecule has 0 radical (unpaired) electrons. The van der Waals surface area contributed by atoms with Crippen molar-refractivity contribution in [3.05, 3.63) is 53.0 Å². The first-order chi connectivity index (χ1) is 14.6. The lowest BCUT2D eigenvalue weighted by Gasteiger charge is -2.56. The number of carbonyl (C=O) groups is 1. The molecule has 0 atom stereocenters. The van der Waals surface area contributed by atoms with Crippen LogP contribution in [0.4, 0.5) is 0 Å². The molecular weight excluding hydrogens is 374 g/mol. The quantitative estimate of drug-likeness (QED) is 0.446. The van der Waals surface area contributed by atoms with E-state index in [0.29, 0.717) is 5.69 Å². The molecule has 4 bridgehead atoms. The minimum Gasteiger partial charge on any atom is -0.358 e. The van der Waals surface area contributed by atoms with Gasteiger partial charge in [0.05, 0.1) is 6.21 Å². The van der Waals surface area contributed by atoms with Gasteiger partial charge in [-0.05, 0) is 75.3 Å². The molecule has 6 nitrogen and oxygen atoms in total. The van der Waals surface area contributed by atoms with Crippen LogP contribution >= 0.6 is 0 Å². The van der Waals surface area contributed by atoms with E-state index < -0.39 is 0 Å². The van der Waals surface area contributed by atoms with Gasteiger partial charge in [0.2, 0.25) is 0 Å². The largest absolute Gasteiger partial charge is 0.358 e. The number of aryl methyl sites for hydroxylation is 1. The molecule has 4 fully saturated rings. The second-order valence-electron chi connectivity index (χ2n) is 9.77. The van der Waals surface area contributed by atoms with Gasteiger partial charge in [-0.2, -0.15) is 10.2 Å². The zero-order chi connectivity index (χ0) is 20.3. The van der Waals surface area contributed by atoms with Crippen molar-refractivity contribution in [2.45, 2.75) is 50.9 Å². The topological polar surface area (TPSA) is 85.9 Å². The molecule has 0 spiro atoms. The van der Waals surface area contributed by atoms with Gasteiger partial charge in [0.25, 0.3) is 5.91 Å². The van der Waals surface area contributed by atoms with Crippen LogP contribution in [0.15, 0.2) is 35.4 Å². The lowest BCUT2D eigenvalue weighted by atomic mass is 9.49. The fraction of sp³-hybridized carbons (Fsp3) is 0.458. The number of hydrogen-bond acceptors (Lipinski definition) is 3. The molecule has 2 aromatic heterocycles. The van der Waals surface area contributed by atoms with Gasteiger partial charge in [0.15, 0.2) is 5.69 Å². The summed E-state index contributed by atoms with van der Waals surface area (Å²) in [6.07, 6.45) is 9.67. The van der Waals surface area contributed by atoms with E-state index in [1.165, 1.54) is 38.5 Å². The van der Waals surface area contributed by atoms with Crippen LogP contribution in [0.25, 0.3) is 10.9 Å². The number of benzene rings is 1. The summed E-state index contributed by atoms with van der Waals surface area (Å²) in [4.78, 5) is 16.0. The van der Waals surface area contributed by atoms with Crippen LogP contribution in [0.1, 0.15) is 66.0 Å². The van der Waals surface area contributed by atoms with Crippen molar-refractivity contribution in [3.8, 4) is 0 Å². The van der Waals surface area contributed by atoms with Gasteiger partial charge in [-0.15, -0.1) is 0 Å². The molecule has 3 aromatic rings. The molecule has 4 saturated carbocycles. The number of rotatable bonds is 4. The van der Waals surface area contributed by atoms with Crippen molar-refractivity contribution in [1.29, 1.82) is 0 Å². The molecule has 4 aliphatic carbocycles. The molecule has 1 amide bonds. The number of nitrogens with one attached hydrogen (secondary N) is 3. The van der Waals surface area contributed by atoms with Crippen LogP contribution in [0.5, 0.6) is 0 Å². The highest BCUT2D eigenvalue weighted by Gasteiger charge is 2.52. The summed E-state index contributed by atoms with van der Waals surface area (Å²) in [5.74, 6) is 2.32. The number of hydrogen-bond donors (Lipinski definition) is 3. The van der Waals surface area contributed by atoms with Crippen molar-refractivity contribution in [3.63, 3.8) is 0 Å². The Morgan fingerprint density at radius 3 is 2.60 bits per heavy atom. The monoisotopic (exact) mass is 401 g/mol. The van der Waals surface area contributed by atoms with Gasteiger partial charge in [0.1, 0.15) is 0 Å². The van der Waals surface area contributed by atoms with Crippen molar-refractivity contribution in [2.75, 3.05) is 0 Å². The highest BCUT2D eigenvalue weighted by atomic mass is 16.2. The number of aromatic amines is 2. The maximum absolute atomic E-state index is 12.6. The molecule has 0 unspecified atom stereocenters. The van der Waals surface area contributed by atoms with E-state index in [4.69, 9.17) is 0 Å². The number of H-pyrrole nitrogens is 2. The second kappa shape index (κ2) is 6.56. The van der Waals surface area contributed by atoms with Crippen molar-refractivity contribution in [1.82, 2.24) is 20.6 Å². The zero-order valence-electron chi connectivity index (χ0n) is 17.2. The lowest BCUT2D eigenvalue weighted by Crippen LogP contribution is -2.48. The summed E-state index contributed by atoms with van der Waals surface area (Å²) in [5, 5.41) is 12.9. The van der Waals surface area contributed by atoms with Gasteiger partial charge < -0.3 is 4.98 Å². The van der Waals surface area contributed by atoms with Crippen LogP contribution in [0.3, 0.4) is 0 Å². The van der Waals surface area contributed by atoms with Crippen LogP contribution in [-0.2, 0) is 5.41 Å². The Labute approximate surface area is 175 Å². The van der Waals surface area contributed by atoms with E-state index in [2.05, 4.69) is 25.7 Å². The third kappa shape index (κ3) is 2.81. The Morgan fingerprint density at radius 1 is 1.17 bits per heavy atom. The zero-order valence-corrected chi connectivity index (χ0v) is 17.2. The highest BCUT2D eigenvalue weighted by molar-refractivity contribution is 6.01. The van der Waals surface area contributed by atoms with Gasteiger partial charge in [-0.25, -0.2) is 5.43 Å². The summed E-state index contributed by atoms with van der Waals surface area (Å²) >= 11 is 0. The van der Waals surface area contributed by atoms with Crippen LogP contribution in [0.2, 0.25) is 0 Å². The van der Waals surface area contributed by atoms with Crippen LogP contribution in [-0.4, -0.2) is 27.3 Å². The van der Waals surface area contributed by atoms with Crippen LogP contribution < -0.4 is 5.43 Å². The summed E-state index contributed by atoms with van der Waals surface area (Å²) in [6.45, 7) is 2.01. The molecule has 154 valence electrons. The lowest BCUT2D eigenvalue weighted by molar-refractivity contribution is -0.00721. The fourth-order valence-electron chi connectivity index (χ4n) is 6.83. The molecule has 1 aromatic carbocycles. The summed E-state index contributed by atoms with van der Waals surface area (Å²) in [6, 6.07) is 10.1. The predicted molar refractivity (Wildman–Crippen MR) is 117 cm³/mol. The Kier molecular flexibility index (Phi) is 3.92. The first-order valence-corrected chi connectivity index (χ1v) is 11.1. The predicted octanol–water partition coefficient (Wildman–Crippen LogP) is 4.43. The first kappa shape index (κ1) is 17.9. The Bertz CT molecular complexity index is 1120. The third-order valence-electron chi connectivity index (χ3n) is 7.72. The number of aromatic nitrogens is 3.